The van der Waals surface area contributed by atoms with Crippen molar-refractivity contribution in [2.75, 3.05) is 0 Å². The van der Waals surface area contributed by atoms with Crippen LogP contribution in [0.1, 0.15) is 23.8 Å². The minimum Gasteiger partial charge on any atom is -0.467 e. The zero-order valence-electron chi connectivity index (χ0n) is 6.37. The van der Waals surface area contributed by atoms with Gasteiger partial charge in [0, 0.05) is 0 Å². The van der Waals surface area contributed by atoms with Gasteiger partial charge in [0.05, 0.1) is 24.8 Å². The monoisotopic (exact) mass is 150 g/mol. The molecule has 0 amide bonds. The maximum absolute atomic E-state index is 8.35. The molecule has 1 heterocycles. The molecule has 0 fully saturated rings. The molecule has 3 nitrogen and oxygen atoms in total. The lowest BCUT2D eigenvalue weighted by Crippen LogP contribution is -2.09. The molecular formula is C8H10N2O. The van der Waals surface area contributed by atoms with Gasteiger partial charge in [-0.2, -0.15) is 5.26 Å². The van der Waals surface area contributed by atoms with Gasteiger partial charge in [0.1, 0.15) is 5.76 Å². The fraction of sp³-hybridized carbons (Fsp3) is 0.375. The van der Waals surface area contributed by atoms with E-state index in [0.717, 1.165) is 5.56 Å². The molecule has 0 aliphatic rings. The third kappa shape index (κ3) is 1.60. The maximum atomic E-state index is 8.35. The predicted octanol–water partition coefficient (Wildman–Crippen LogP) is 1.50. The number of nitrogens with zero attached hydrogens (tertiary/aromatic N) is 1. The summed E-state index contributed by atoms with van der Waals surface area (Å²) in [6, 6.07) is 3.56. The lowest BCUT2D eigenvalue weighted by atomic mass is 10.1. The minimum atomic E-state index is -0.282. The summed E-state index contributed by atoms with van der Waals surface area (Å²) in [4.78, 5) is 0. The van der Waals surface area contributed by atoms with Gasteiger partial charge in [-0.15, -0.1) is 0 Å². The van der Waals surface area contributed by atoms with Crippen molar-refractivity contribution in [3.8, 4) is 6.07 Å². The van der Waals surface area contributed by atoms with E-state index in [4.69, 9.17) is 15.4 Å². The smallest absolute Gasteiger partial charge is 0.124 e. The largest absolute Gasteiger partial charge is 0.467 e. The highest BCUT2D eigenvalue weighted by molar-refractivity contribution is 5.18. The van der Waals surface area contributed by atoms with Crippen LogP contribution in [0.3, 0.4) is 0 Å². The van der Waals surface area contributed by atoms with Crippen LogP contribution in [-0.2, 0) is 0 Å². The number of hydrogen-bond acceptors (Lipinski definition) is 3. The van der Waals surface area contributed by atoms with Crippen molar-refractivity contribution in [2.24, 2.45) is 5.73 Å². The van der Waals surface area contributed by atoms with E-state index in [1.54, 1.807) is 6.26 Å². The fourth-order valence-corrected chi connectivity index (χ4v) is 0.955. The first kappa shape index (κ1) is 7.83. The Morgan fingerprint density at radius 3 is 3.00 bits per heavy atom. The summed E-state index contributed by atoms with van der Waals surface area (Å²) >= 11 is 0. The summed E-state index contributed by atoms with van der Waals surface area (Å²) in [5.41, 5.74) is 6.64. The van der Waals surface area contributed by atoms with Gasteiger partial charge in [-0.1, -0.05) is 0 Å². The van der Waals surface area contributed by atoms with E-state index in [1.165, 1.54) is 0 Å². The third-order valence-corrected chi connectivity index (χ3v) is 1.55. The third-order valence-electron chi connectivity index (χ3n) is 1.55. The number of rotatable bonds is 2. The molecule has 0 aromatic carbocycles. The summed E-state index contributed by atoms with van der Waals surface area (Å²) in [7, 11) is 0. The van der Waals surface area contributed by atoms with E-state index in [2.05, 4.69) is 0 Å². The van der Waals surface area contributed by atoms with Crippen LogP contribution in [0.15, 0.2) is 16.7 Å². The summed E-state index contributed by atoms with van der Waals surface area (Å²) in [6.45, 7) is 1.91. The van der Waals surface area contributed by atoms with Crippen molar-refractivity contribution in [3.05, 3.63) is 23.7 Å². The molecule has 0 radical (unpaired) electrons. The van der Waals surface area contributed by atoms with Crippen molar-refractivity contribution in [1.82, 2.24) is 0 Å². The average molecular weight is 150 g/mol. The van der Waals surface area contributed by atoms with Crippen molar-refractivity contribution in [3.63, 3.8) is 0 Å². The van der Waals surface area contributed by atoms with E-state index in [-0.39, 0.29) is 6.04 Å². The van der Waals surface area contributed by atoms with E-state index < -0.39 is 0 Å². The van der Waals surface area contributed by atoms with Gasteiger partial charge in [0.15, 0.2) is 0 Å². The molecule has 58 valence electrons. The van der Waals surface area contributed by atoms with Gasteiger partial charge < -0.3 is 10.2 Å². The van der Waals surface area contributed by atoms with Gasteiger partial charge in [-0.25, -0.2) is 0 Å². The topological polar surface area (TPSA) is 62.9 Å². The highest BCUT2D eigenvalue weighted by atomic mass is 16.3. The summed E-state index contributed by atoms with van der Waals surface area (Å²) in [5, 5.41) is 8.35. The molecule has 0 unspecified atom stereocenters. The lowest BCUT2D eigenvalue weighted by molar-refractivity contribution is 0.466. The van der Waals surface area contributed by atoms with Gasteiger partial charge in [-0.3, -0.25) is 0 Å². The molecular weight excluding hydrogens is 140 g/mol. The molecule has 0 saturated carbocycles. The lowest BCUT2D eigenvalue weighted by Gasteiger charge is -2.03. The van der Waals surface area contributed by atoms with Crippen LogP contribution in [0.2, 0.25) is 0 Å². The molecule has 0 aliphatic heterocycles. The highest BCUT2D eigenvalue weighted by Crippen LogP contribution is 2.18. The standard InChI is InChI=1S/C8H10N2O/c1-6-3-5-11-8(6)7(10)2-4-9/h3,5,7H,2,10H2,1H3/t7-/m1/s1. The first-order valence-electron chi connectivity index (χ1n) is 3.42. The Morgan fingerprint density at radius 1 is 1.82 bits per heavy atom. The van der Waals surface area contributed by atoms with E-state index in [0.29, 0.717) is 12.2 Å². The molecule has 1 aromatic heterocycles. The van der Waals surface area contributed by atoms with Crippen LogP contribution >= 0.6 is 0 Å². The predicted molar refractivity (Wildman–Crippen MR) is 40.6 cm³/mol. The molecule has 3 heteroatoms. The summed E-state index contributed by atoms with van der Waals surface area (Å²) in [5.74, 6) is 0.714. The second-order valence-corrected chi connectivity index (χ2v) is 2.44. The Bertz CT molecular complexity index is 272. The molecule has 0 aliphatic carbocycles. The second kappa shape index (κ2) is 3.22. The maximum Gasteiger partial charge on any atom is 0.124 e. The van der Waals surface area contributed by atoms with Crippen LogP contribution in [-0.4, -0.2) is 0 Å². The summed E-state index contributed by atoms with van der Waals surface area (Å²) < 4.78 is 5.10. The SMILES string of the molecule is Cc1ccoc1[C@H](N)CC#N. The first-order valence-corrected chi connectivity index (χ1v) is 3.42. The van der Waals surface area contributed by atoms with Crippen LogP contribution in [0.25, 0.3) is 0 Å². The molecule has 2 N–H and O–H groups in total. The van der Waals surface area contributed by atoms with Gasteiger partial charge in [0.25, 0.3) is 0 Å². The fourth-order valence-electron chi connectivity index (χ4n) is 0.955. The molecule has 1 aromatic rings. The van der Waals surface area contributed by atoms with Crippen LogP contribution in [0.5, 0.6) is 0 Å². The highest BCUT2D eigenvalue weighted by Gasteiger charge is 2.10. The molecule has 0 saturated heterocycles. The number of furan rings is 1. The Labute approximate surface area is 65.4 Å². The number of hydrogen-bond donors (Lipinski definition) is 1. The number of aryl methyl sites for hydroxylation is 1. The minimum absolute atomic E-state index is 0.282. The Balaban J connectivity index is 2.77. The van der Waals surface area contributed by atoms with Gasteiger partial charge in [0.2, 0.25) is 0 Å². The molecule has 11 heavy (non-hydrogen) atoms. The molecule has 0 spiro atoms. The average Bonchev–Trinajstić information content (AvgIpc) is 2.36. The van der Waals surface area contributed by atoms with Gasteiger partial charge >= 0.3 is 0 Å². The van der Waals surface area contributed by atoms with Crippen LogP contribution in [0, 0.1) is 18.3 Å². The zero-order chi connectivity index (χ0) is 8.27. The number of nitriles is 1. The van der Waals surface area contributed by atoms with Crippen molar-refractivity contribution in [1.29, 1.82) is 5.26 Å². The van der Waals surface area contributed by atoms with Crippen molar-refractivity contribution in [2.45, 2.75) is 19.4 Å². The molecule has 1 rings (SSSR count). The zero-order valence-corrected chi connectivity index (χ0v) is 6.37. The Morgan fingerprint density at radius 2 is 2.55 bits per heavy atom. The van der Waals surface area contributed by atoms with Crippen LogP contribution in [0.4, 0.5) is 0 Å². The summed E-state index contributed by atoms with van der Waals surface area (Å²) in [6.07, 6.45) is 1.89. The Hall–Kier alpha value is -1.27. The van der Waals surface area contributed by atoms with Crippen molar-refractivity contribution >= 4 is 0 Å². The van der Waals surface area contributed by atoms with E-state index in [9.17, 15) is 0 Å². The quantitative estimate of drug-likeness (QED) is 0.694. The molecule has 0 bridgehead atoms. The van der Waals surface area contributed by atoms with Crippen LogP contribution < -0.4 is 5.73 Å². The number of nitrogens with two attached hydrogens (primary N) is 1. The molecule has 1 atom stereocenters. The van der Waals surface area contributed by atoms with Crippen molar-refractivity contribution < 1.29 is 4.42 Å². The Kier molecular flexibility index (Phi) is 2.29. The van der Waals surface area contributed by atoms with Gasteiger partial charge in [-0.05, 0) is 18.6 Å². The normalized spacial score (nSPS) is 12.5. The van der Waals surface area contributed by atoms with E-state index >= 15 is 0 Å². The van der Waals surface area contributed by atoms with E-state index in [1.807, 2.05) is 19.1 Å². The first-order chi connectivity index (χ1) is 5.25. The second-order valence-electron chi connectivity index (χ2n) is 2.44.